The molecule has 2 fully saturated rings. The molecule has 1 aliphatic carbocycles. The van der Waals surface area contributed by atoms with E-state index in [1.807, 2.05) is 0 Å². The number of aliphatic hydroxyl groups excluding tert-OH is 2. The molecular formula is C21H27ClN7O8PS. The third kappa shape index (κ3) is 5.93. The largest absolute Gasteiger partial charge is 0.387 e. The van der Waals surface area contributed by atoms with Crippen molar-refractivity contribution in [2.24, 2.45) is 0 Å². The van der Waals surface area contributed by atoms with E-state index in [-0.39, 0.29) is 22.8 Å². The molecule has 1 unspecified atom stereocenters. The molecule has 15 nitrogen and oxygen atoms in total. The van der Waals surface area contributed by atoms with Gasteiger partial charge < -0.3 is 30.1 Å². The van der Waals surface area contributed by atoms with Crippen molar-refractivity contribution in [2.75, 3.05) is 11.1 Å². The maximum Gasteiger partial charge on any atom is 0.344 e. The number of fused-ring (bicyclic) bond motifs is 1. The summed E-state index contributed by atoms with van der Waals surface area (Å²) in [6, 6.07) is 1.68. The fraction of sp³-hybridized carbons (Fsp3) is 0.571. The lowest BCUT2D eigenvalue weighted by molar-refractivity contribution is -0.0365. The predicted molar refractivity (Wildman–Crippen MR) is 137 cm³/mol. The van der Waals surface area contributed by atoms with Gasteiger partial charge in [-0.05, 0) is 30.5 Å². The van der Waals surface area contributed by atoms with Gasteiger partial charge in [-0.1, -0.05) is 12.8 Å². The van der Waals surface area contributed by atoms with E-state index < -0.39 is 59.1 Å². The fourth-order valence-corrected chi connectivity index (χ4v) is 8.77. The molecule has 1 saturated heterocycles. The number of rotatable bonds is 9. The standard InChI is InChI=1S/C21H27ClN7O8PS/c22-21-27-18(26-11-4-1-2-5-11)12-9-25-29(19(12)28-21)20-17(31)16(30)13(37-20)10-39(35,36)15(38(32,33)34)8-14-23-6-3-7-24-14/h3,6-7,9,11,13,15-17,20,30-31H,1-2,4-5,8,10H2,(H,26,27,28)(H2,32,33,34)/t13-,15?,16-,17-,20-/m1/s1. The van der Waals surface area contributed by atoms with Crippen LogP contribution in [0.2, 0.25) is 5.28 Å². The minimum Gasteiger partial charge on any atom is -0.387 e. The lowest BCUT2D eigenvalue weighted by Gasteiger charge is -2.21. The molecule has 0 radical (unpaired) electrons. The normalized spacial score (nSPS) is 25.4. The number of hydrogen-bond acceptors (Lipinski definition) is 12. The van der Waals surface area contributed by atoms with Gasteiger partial charge in [0.05, 0.1) is 17.3 Å². The SMILES string of the molecule is O=P(O)(O)C(Cc1ncccn1)S(=O)(=O)C[C@H]1O[C@@H](n2ncc3c(NC4CCCC4)nc(Cl)nc32)[C@H](O)[C@@H]1O. The first-order valence-electron chi connectivity index (χ1n) is 12.2. The maximum absolute atomic E-state index is 13.2. The highest BCUT2D eigenvalue weighted by molar-refractivity contribution is 7.98. The summed E-state index contributed by atoms with van der Waals surface area (Å²) in [6.07, 6.45) is 1.27. The van der Waals surface area contributed by atoms with Gasteiger partial charge in [-0.2, -0.15) is 15.1 Å². The van der Waals surface area contributed by atoms with E-state index in [2.05, 4.69) is 30.4 Å². The van der Waals surface area contributed by atoms with E-state index in [9.17, 15) is 33.0 Å². The van der Waals surface area contributed by atoms with Crippen LogP contribution in [0.25, 0.3) is 11.0 Å². The fourth-order valence-electron chi connectivity index (χ4n) is 4.91. The number of aromatic nitrogens is 6. The Morgan fingerprint density at radius 1 is 1.15 bits per heavy atom. The van der Waals surface area contributed by atoms with Gasteiger partial charge in [0.25, 0.3) is 0 Å². The summed E-state index contributed by atoms with van der Waals surface area (Å²) in [5.74, 6) is -0.627. The highest BCUT2D eigenvalue weighted by Gasteiger charge is 2.50. The zero-order chi connectivity index (χ0) is 27.9. The molecule has 3 aromatic rings. The Kier molecular flexibility index (Phi) is 7.92. The van der Waals surface area contributed by atoms with E-state index in [4.69, 9.17) is 16.3 Å². The number of anilines is 1. The summed E-state index contributed by atoms with van der Waals surface area (Å²) in [5.41, 5.74) is 0.185. The molecule has 0 amide bonds. The van der Waals surface area contributed by atoms with Crippen LogP contribution in [0.4, 0.5) is 5.82 Å². The van der Waals surface area contributed by atoms with Crippen molar-refractivity contribution >= 4 is 45.9 Å². The minimum atomic E-state index is -5.20. The number of aliphatic hydroxyl groups is 2. The van der Waals surface area contributed by atoms with Crippen LogP contribution in [-0.4, -0.2) is 93.2 Å². The number of hydrogen-bond donors (Lipinski definition) is 5. The van der Waals surface area contributed by atoms with Gasteiger partial charge in [-0.3, -0.25) is 4.57 Å². The second kappa shape index (κ2) is 10.9. The summed E-state index contributed by atoms with van der Waals surface area (Å²) in [5, 5.41) is 29.4. The molecule has 18 heteroatoms. The topological polar surface area (TPSA) is 223 Å². The molecule has 5 atom stereocenters. The molecule has 0 spiro atoms. The van der Waals surface area contributed by atoms with E-state index in [1.165, 1.54) is 29.3 Å². The van der Waals surface area contributed by atoms with Crippen molar-refractivity contribution < 1.29 is 37.7 Å². The summed E-state index contributed by atoms with van der Waals surface area (Å²) in [6.45, 7) is 0. The Labute approximate surface area is 227 Å². The van der Waals surface area contributed by atoms with Crippen LogP contribution >= 0.6 is 19.2 Å². The number of sulfone groups is 1. The smallest absolute Gasteiger partial charge is 0.344 e. The highest BCUT2D eigenvalue weighted by atomic mass is 35.5. The maximum atomic E-state index is 13.2. The van der Waals surface area contributed by atoms with Crippen molar-refractivity contribution in [2.45, 2.75) is 67.7 Å². The first-order valence-corrected chi connectivity index (χ1v) is 15.9. The number of ether oxygens (including phenoxy) is 1. The van der Waals surface area contributed by atoms with Gasteiger partial charge in [-0.15, -0.1) is 0 Å². The van der Waals surface area contributed by atoms with Crippen molar-refractivity contribution in [1.82, 2.24) is 29.7 Å². The van der Waals surface area contributed by atoms with Crippen LogP contribution in [-0.2, 0) is 25.6 Å². The van der Waals surface area contributed by atoms with Crippen molar-refractivity contribution in [3.63, 3.8) is 0 Å². The zero-order valence-corrected chi connectivity index (χ0v) is 22.8. The van der Waals surface area contributed by atoms with E-state index in [0.717, 1.165) is 25.7 Å². The third-order valence-corrected chi connectivity index (χ3v) is 11.5. The quantitative estimate of drug-likeness (QED) is 0.165. The zero-order valence-electron chi connectivity index (χ0n) is 20.4. The average molecular weight is 604 g/mol. The minimum absolute atomic E-state index is 0.0817. The van der Waals surface area contributed by atoms with Gasteiger partial charge in [-0.25, -0.2) is 23.1 Å². The molecule has 1 saturated carbocycles. The Hall–Kier alpha value is -2.30. The summed E-state index contributed by atoms with van der Waals surface area (Å²) in [4.78, 5) is 33.6. The van der Waals surface area contributed by atoms with Gasteiger partial charge in [0.2, 0.25) is 5.28 Å². The summed E-state index contributed by atoms with van der Waals surface area (Å²) in [7, 11) is -9.80. The Morgan fingerprint density at radius 2 is 1.85 bits per heavy atom. The molecular weight excluding hydrogens is 577 g/mol. The lowest BCUT2D eigenvalue weighted by Crippen LogP contribution is -2.39. The molecule has 0 bridgehead atoms. The summed E-state index contributed by atoms with van der Waals surface area (Å²) < 4.78 is 45.3. The van der Waals surface area contributed by atoms with E-state index in [0.29, 0.717) is 11.2 Å². The molecule has 5 N–H and O–H groups in total. The van der Waals surface area contributed by atoms with Gasteiger partial charge >= 0.3 is 7.60 Å². The monoisotopic (exact) mass is 603 g/mol. The molecule has 212 valence electrons. The van der Waals surface area contributed by atoms with Crippen LogP contribution in [0.1, 0.15) is 37.7 Å². The van der Waals surface area contributed by atoms with Crippen molar-refractivity contribution in [3.05, 3.63) is 35.8 Å². The van der Waals surface area contributed by atoms with Crippen molar-refractivity contribution in [3.8, 4) is 0 Å². The van der Waals surface area contributed by atoms with Gasteiger partial charge in [0.1, 0.15) is 30.0 Å². The first-order chi connectivity index (χ1) is 18.4. The molecule has 0 aromatic carbocycles. The first kappa shape index (κ1) is 28.2. The third-order valence-electron chi connectivity index (χ3n) is 6.86. The van der Waals surface area contributed by atoms with E-state index in [1.54, 1.807) is 0 Å². The second-order valence-electron chi connectivity index (χ2n) is 9.58. The molecule has 3 aromatic heterocycles. The van der Waals surface area contributed by atoms with E-state index >= 15 is 0 Å². The van der Waals surface area contributed by atoms with Gasteiger partial charge in [0.15, 0.2) is 26.7 Å². The van der Waals surface area contributed by atoms with Crippen LogP contribution < -0.4 is 5.32 Å². The van der Waals surface area contributed by atoms with Crippen molar-refractivity contribution in [1.29, 1.82) is 0 Å². The predicted octanol–water partition coefficient (Wildman–Crippen LogP) is 0.405. The Balaban J connectivity index is 1.39. The lowest BCUT2D eigenvalue weighted by atomic mass is 10.1. The molecule has 39 heavy (non-hydrogen) atoms. The van der Waals surface area contributed by atoms with Gasteiger partial charge in [0, 0.05) is 24.9 Å². The Bertz CT molecular complexity index is 1480. The molecule has 1 aliphatic heterocycles. The average Bonchev–Trinajstić information content (AvgIpc) is 3.59. The van der Waals surface area contributed by atoms with Crippen LogP contribution in [0, 0.1) is 0 Å². The molecule has 4 heterocycles. The highest BCUT2D eigenvalue weighted by Crippen LogP contribution is 2.46. The number of nitrogens with one attached hydrogen (secondary N) is 1. The number of halogens is 1. The number of nitrogens with zero attached hydrogens (tertiary/aromatic N) is 6. The summed E-state index contributed by atoms with van der Waals surface area (Å²) >= 11 is 6.15. The molecule has 2 aliphatic rings. The van der Waals surface area contributed by atoms with Crippen LogP contribution in [0.5, 0.6) is 0 Å². The Morgan fingerprint density at radius 3 is 2.51 bits per heavy atom. The van der Waals surface area contributed by atoms with Crippen LogP contribution in [0.15, 0.2) is 24.7 Å². The second-order valence-corrected chi connectivity index (χ2v) is 14.3. The van der Waals surface area contributed by atoms with Crippen LogP contribution in [0.3, 0.4) is 0 Å². The molecule has 5 rings (SSSR count).